The predicted molar refractivity (Wildman–Crippen MR) is 119 cm³/mol. The van der Waals surface area contributed by atoms with Crippen LogP contribution in [-0.4, -0.2) is 60.5 Å². The first-order valence-corrected chi connectivity index (χ1v) is 12.6. The molecule has 0 aliphatic carbocycles. The molecule has 0 bridgehead atoms. The van der Waals surface area contributed by atoms with Gasteiger partial charge in [0.25, 0.3) is 0 Å². The molecule has 0 unspecified atom stereocenters. The number of amides is 2. The molecule has 2 atom stereocenters. The molecule has 8 nitrogen and oxygen atoms in total. The maximum atomic E-state index is 14.2. The van der Waals surface area contributed by atoms with E-state index in [2.05, 4.69) is 10.3 Å². The third kappa shape index (κ3) is 5.97. The molecule has 2 heterocycles. The second-order valence-corrected chi connectivity index (χ2v) is 11.9. The number of carbonyl (C=O) groups is 2. The lowest BCUT2D eigenvalue weighted by molar-refractivity contribution is -0.117. The number of ether oxygens (including phenoxy) is 1. The maximum absolute atomic E-state index is 14.2. The van der Waals surface area contributed by atoms with Gasteiger partial charge in [-0.3, -0.25) is 4.79 Å². The summed E-state index contributed by atoms with van der Waals surface area (Å²) in [6.07, 6.45) is -0.674. The van der Waals surface area contributed by atoms with E-state index in [-0.39, 0.29) is 29.7 Å². The third-order valence-electron chi connectivity index (χ3n) is 4.73. The quantitative estimate of drug-likeness (QED) is 0.720. The Morgan fingerprint density at radius 3 is 2.68 bits per heavy atom. The average molecular weight is 472 g/mol. The van der Waals surface area contributed by atoms with Gasteiger partial charge in [0.15, 0.2) is 15.0 Å². The van der Waals surface area contributed by atoms with Crippen LogP contribution in [0.1, 0.15) is 32.8 Å². The summed E-state index contributed by atoms with van der Waals surface area (Å²) in [5, 5.41) is 2.57. The largest absolute Gasteiger partial charge is 0.444 e. The number of halogens is 1. The molecule has 0 saturated carbocycles. The van der Waals surface area contributed by atoms with E-state index in [1.807, 2.05) is 0 Å². The number of alkyl carbamates (subject to hydrolysis) is 1. The van der Waals surface area contributed by atoms with Crippen LogP contribution in [0.25, 0.3) is 0 Å². The molecule has 3 rings (SSSR count). The Kier molecular flexibility index (Phi) is 6.66. The van der Waals surface area contributed by atoms with Crippen LogP contribution in [0.3, 0.4) is 0 Å². The predicted octanol–water partition coefficient (Wildman–Crippen LogP) is 2.65. The van der Waals surface area contributed by atoms with Crippen molar-refractivity contribution in [1.82, 2.24) is 5.32 Å². The number of hydrogen-bond acceptors (Lipinski definition) is 6. The first kappa shape index (κ1) is 23.5. The molecule has 1 aromatic rings. The maximum Gasteiger partial charge on any atom is 0.407 e. The minimum Gasteiger partial charge on any atom is -0.444 e. The summed E-state index contributed by atoms with van der Waals surface area (Å²) in [5.41, 5.74) is 0.282. The Balaban J connectivity index is 1.74. The van der Waals surface area contributed by atoms with Crippen molar-refractivity contribution in [3.05, 3.63) is 29.6 Å². The SMILES string of the molecule is Cc1ccc(N2C(=NC(=O)CCNC(=O)OC(C)(C)C)S[C@@H]3CS(=O)(=O)C[C@@H]32)cc1F. The highest BCUT2D eigenvalue weighted by molar-refractivity contribution is 8.16. The number of carbonyl (C=O) groups excluding carboxylic acids is 2. The summed E-state index contributed by atoms with van der Waals surface area (Å²) in [5.74, 6) is -0.980. The van der Waals surface area contributed by atoms with Crippen LogP contribution in [0, 0.1) is 12.7 Å². The number of benzene rings is 1. The summed E-state index contributed by atoms with van der Waals surface area (Å²) in [6.45, 7) is 6.90. The molecule has 0 radical (unpaired) electrons. The van der Waals surface area contributed by atoms with Crippen molar-refractivity contribution in [2.24, 2.45) is 4.99 Å². The highest BCUT2D eigenvalue weighted by Crippen LogP contribution is 2.41. The number of amidine groups is 1. The summed E-state index contributed by atoms with van der Waals surface area (Å²) >= 11 is 1.21. The Bertz CT molecular complexity index is 1020. The van der Waals surface area contributed by atoms with Crippen molar-refractivity contribution in [2.75, 3.05) is 23.0 Å². The van der Waals surface area contributed by atoms with Gasteiger partial charge >= 0.3 is 6.09 Å². The standard InChI is InChI=1S/C20H26FN3O5S2/c1-12-5-6-13(9-14(12)21)24-15-10-31(27,28)11-16(15)30-18(24)23-17(25)7-8-22-19(26)29-20(2,3)4/h5-6,9,15-16H,7-8,10-11H2,1-4H3,(H,22,26)/t15-,16+/m0/s1. The number of nitrogens with one attached hydrogen (secondary N) is 1. The molecular weight excluding hydrogens is 445 g/mol. The van der Waals surface area contributed by atoms with Crippen molar-refractivity contribution in [1.29, 1.82) is 0 Å². The van der Waals surface area contributed by atoms with Crippen molar-refractivity contribution < 1.29 is 27.1 Å². The molecule has 2 fully saturated rings. The lowest BCUT2D eigenvalue weighted by atomic mass is 10.1. The lowest BCUT2D eigenvalue weighted by Gasteiger charge is -2.24. The minimum absolute atomic E-state index is 0.0133. The van der Waals surface area contributed by atoms with E-state index in [4.69, 9.17) is 4.74 Å². The molecule has 2 saturated heterocycles. The molecule has 31 heavy (non-hydrogen) atoms. The zero-order valence-electron chi connectivity index (χ0n) is 17.8. The number of rotatable bonds is 4. The van der Waals surface area contributed by atoms with E-state index in [1.54, 1.807) is 44.7 Å². The molecule has 11 heteroatoms. The number of sulfone groups is 1. The van der Waals surface area contributed by atoms with Gasteiger partial charge in [-0.2, -0.15) is 4.99 Å². The second-order valence-electron chi connectivity index (χ2n) is 8.57. The first-order chi connectivity index (χ1) is 14.3. The molecule has 2 aliphatic rings. The molecule has 2 amide bonds. The van der Waals surface area contributed by atoms with E-state index in [0.29, 0.717) is 16.4 Å². The van der Waals surface area contributed by atoms with E-state index >= 15 is 0 Å². The molecule has 0 aromatic heterocycles. The highest BCUT2D eigenvalue weighted by Gasteiger charge is 2.49. The van der Waals surface area contributed by atoms with Crippen molar-refractivity contribution >= 4 is 44.5 Å². The van der Waals surface area contributed by atoms with Crippen LogP contribution in [0.5, 0.6) is 0 Å². The highest BCUT2D eigenvalue weighted by atomic mass is 32.2. The molecule has 2 aliphatic heterocycles. The summed E-state index contributed by atoms with van der Waals surface area (Å²) in [7, 11) is -3.21. The number of nitrogens with zero attached hydrogens (tertiary/aromatic N) is 2. The van der Waals surface area contributed by atoms with Gasteiger partial charge in [0.1, 0.15) is 11.4 Å². The Labute approximate surface area is 185 Å². The monoisotopic (exact) mass is 471 g/mol. The Hall–Kier alpha value is -2.14. The van der Waals surface area contributed by atoms with Crippen molar-refractivity contribution in [2.45, 2.75) is 51.0 Å². The Morgan fingerprint density at radius 2 is 2.03 bits per heavy atom. The fraction of sp³-hybridized carbons (Fsp3) is 0.550. The van der Waals surface area contributed by atoms with Crippen LogP contribution in [0.15, 0.2) is 23.2 Å². The van der Waals surface area contributed by atoms with Crippen LogP contribution < -0.4 is 10.2 Å². The minimum atomic E-state index is -3.21. The van der Waals surface area contributed by atoms with Gasteiger partial charge in [-0.05, 0) is 45.4 Å². The summed E-state index contributed by atoms with van der Waals surface area (Å²) < 4.78 is 43.5. The molecule has 1 N–H and O–H groups in total. The van der Waals surface area contributed by atoms with E-state index in [0.717, 1.165) is 0 Å². The first-order valence-electron chi connectivity index (χ1n) is 9.85. The van der Waals surface area contributed by atoms with Gasteiger partial charge in [-0.25, -0.2) is 17.6 Å². The number of thioether (sulfide) groups is 1. The zero-order valence-corrected chi connectivity index (χ0v) is 19.5. The van der Waals surface area contributed by atoms with Crippen LogP contribution in [0.4, 0.5) is 14.9 Å². The van der Waals surface area contributed by atoms with Crippen LogP contribution >= 0.6 is 11.8 Å². The van der Waals surface area contributed by atoms with E-state index in [9.17, 15) is 22.4 Å². The number of aliphatic imine (C=N–C) groups is 1. The summed E-state index contributed by atoms with van der Waals surface area (Å²) in [6, 6.07) is 4.21. The van der Waals surface area contributed by atoms with Gasteiger partial charge in [0.05, 0.1) is 17.5 Å². The molecule has 170 valence electrons. The van der Waals surface area contributed by atoms with Gasteiger partial charge in [0, 0.05) is 23.9 Å². The number of hydrogen-bond donors (Lipinski definition) is 1. The van der Waals surface area contributed by atoms with E-state index < -0.39 is 39.3 Å². The van der Waals surface area contributed by atoms with Crippen LogP contribution in [-0.2, 0) is 19.4 Å². The average Bonchev–Trinajstić information content (AvgIpc) is 3.06. The van der Waals surface area contributed by atoms with Gasteiger partial charge in [-0.15, -0.1) is 0 Å². The summed E-state index contributed by atoms with van der Waals surface area (Å²) in [4.78, 5) is 29.9. The van der Waals surface area contributed by atoms with Crippen molar-refractivity contribution in [3.63, 3.8) is 0 Å². The molecule has 1 aromatic carbocycles. The van der Waals surface area contributed by atoms with Gasteiger partial charge in [-0.1, -0.05) is 17.8 Å². The topological polar surface area (TPSA) is 105 Å². The number of aryl methyl sites for hydroxylation is 1. The smallest absolute Gasteiger partial charge is 0.407 e. The fourth-order valence-corrected chi connectivity index (χ4v) is 7.28. The third-order valence-corrected chi connectivity index (χ3v) is 7.94. The Morgan fingerprint density at radius 1 is 1.32 bits per heavy atom. The molecule has 0 spiro atoms. The molecular formula is C20H26FN3O5S2. The van der Waals surface area contributed by atoms with Gasteiger partial charge < -0.3 is 15.0 Å². The van der Waals surface area contributed by atoms with Crippen LogP contribution in [0.2, 0.25) is 0 Å². The lowest BCUT2D eigenvalue weighted by Crippen LogP contribution is -2.38. The normalized spacial score (nSPS) is 23.6. The van der Waals surface area contributed by atoms with Gasteiger partial charge in [0.2, 0.25) is 5.91 Å². The second kappa shape index (κ2) is 8.78. The van der Waals surface area contributed by atoms with Crippen molar-refractivity contribution in [3.8, 4) is 0 Å². The fourth-order valence-electron chi connectivity index (χ4n) is 3.35. The number of anilines is 1. The number of fused-ring (bicyclic) bond motifs is 1. The zero-order chi connectivity index (χ0) is 23.0. The van der Waals surface area contributed by atoms with E-state index in [1.165, 1.54) is 17.8 Å².